The number of sulfonamides is 1. The number of carbonyl (C=O) groups excluding carboxylic acids is 2. The molecule has 0 aliphatic rings. The zero-order valence-electron chi connectivity index (χ0n) is 17.5. The van der Waals surface area contributed by atoms with Crippen molar-refractivity contribution in [3.05, 3.63) is 71.4 Å². The van der Waals surface area contributed by atoms with E-state index < -0.39 is 33.7 Å². The van der Waals surface area contributed by atoms with Gasteiger partial charge >= 0.3 is 0 Å². The van der Waals surface area contributed by atoms with Crippen molar-refractivity contribution in [3.8, 4) is 0 Å². The van der Waals surface area contributed by atoms with Crippen molar-refractivity contribution in [2.75, 3.05) is 10.6 Å². The Morgan fingerprint density at radius 2 is 1.69 bits per heavy atom. The summed E-state index contributed by atoms with van der Waals surface area (Å²) in [7, 11) is -4.04. The zero-order valence-corrected chi connectivity index (χ0v) is 18.3. The lowest BCUT2D eigenvalue weighted by Gasteiger charge is -2.15. The van der Waals surface area contributed by atoms with Crippen LogP contribution in [0.25, 0.3) is 0 Å². The first kappa shape index (κ1) is 23.1. The van der Waals surface area contributed by atoms with Gasteiger partial charge in [-0.3, -0.25) is 9.59 Å². The third kappa shape index (κ3) is 5.37. The van der Waals surface area contributed by atoms with E-state index in [9.17, 15) is 22.4 Å². The standard InChI is InChI=1S/C21H21FN4O5S/c1-12-19(14(3)31-25-12)32(29,30)26-13(2)20(27)23-17-8-4-6-15(10-17)21(28)24-18-9-5-7-16(22)11-18/h4-11,13,26H,1-3H3,(H,23,27)(H,24,28)/t13-/m0/s1. The highest BCUT2D eigenvalue weighted by molar-refractivity contribution is 7.89. The average molecular weight is 460 g/mol. The molecule has 11 heteroatoms. The van der Waals surface area contributed by atoms with Gasteiger partial charge in [0.15, 0.2) is 5.76 Å². The normalized spacial score (nSPS) is 12.2. The molecule has 32 heavy (non-hydrogen) atoms. The Bertz CT molecular complexity index is 1250. The minimum absolute atomic E-state index is 0.111. The largest absolute Gasteiger partial charge is 0.360 e. The number of nitrogens with zero attached hydrogens (tertiary/aromatic N) is 1. The molecule has 2 amide bonds. The maximum atomic E-state index is 13.3. The Balaban J connectivity index is 1.68. The summed E-state index contributed by atoms with van der Waals surface area (Å²) in [5, 5.41) is 8.73. The van der Waals surface area contributed by atoms with E-state index in [1.165, 1.54) is 51.1 Å². The highest BCUT2D eigenvalue weighted by Gasteiger charge is 2.28. The smallest absolute Gasteiger partial charge is 0.255 e. The van der Waals surface area contributed by atoms with Gasteiger partial charge in [-0.1, -0.05) is 17.3 Å². The van der Waals surface area contributed by atoms with Gasteiger partial charge in [0.1, 0.15) is 16.4 Å². The van der Waals surface area contributed by atoms with Crippen LogP contribution in [0.5, 0.6) is 0 Å². The van der Waals surface area contributed by atoms with Crippen LogP contribution in [0.3, 0.4) is 0 Å². The molecule has 3 N–H and O–H groups in total. The molecule has 0 spiro atoms. The Hall–Kier alpha value is -3.57. The lowest BCUT2D eigenvalue weighted by atomic mass is 10.1. The van der Waals surface area contributed by atoms with Crippen LogP contribution in [0.4, 0.5) is 15.8 Å². The predicted molar refractivity (Wildman–Crippen MR) is 115 cm³/mol. The Morgan fingerprint density at radius 1 is 1.03 bits per heavy atom. The number of rotatable bonds is 7. The van der Waals surface area contributed by atoms with Crippen molar-refractivity contribution in [2.24, 2.45) is 0 Å². The fraction of sp³-hybridized carbons (Fsp3) is 0.190. The molecule has 2 aromatic carbocycles. The summed E-state index contributed by atoms with van der Waals surface area (Å²) >= 11 is 0. The lowest BCUT2D eigenvalue weighted by Crippen LogP contribution is -2.41. The van der Waals surface area contributed by atoms with Crippen LogP contribution in [0.1, 0.15) is 28.7 Å². The molecule has 1 heterocycles. The molecule has 0 fully saturated rings. The Kier molecular flexibility index (Phi) is 6.70. The summed E-state index contributed by atoms with van der Waals surface area (Å²) in [5.41, 5.74) is 0.965. The summed E-state index contributed by atoms with van der Waals surface area (Å²) in [6.07, 6.45) is 0. The van der Waals surface area contributed by atoms with Crippen LogP contribution in [-0.2, 0) is 14.8 Å². The Labute approximate surface area is 184 Å². The molecule has 0 unspecified atom stereocenters. The van der Waals surface area contributed by atoms with Gasteiger partial charge in [0.05, 0.1) is 6.04 Å². The summed E-state index contributed by atoms with van der Waals surface area (Å²) in [6.45, 7) is 4.32. The van der Waals surface area contributed by atoms with Gasteiger partial charge in [0.2, 0.25) is 15.9 Å². The van der Waals surface area contributed by atoms with E-state index in [-0.39, 0.29) is 33.3 Å². The topological polar surface area (TPSA) is 130 Å². The van der Waals surface area contributed by atoms with Gasteiger partial charge in [0, 0.05) is 16.9 Å². The molecular formula is C21H21FN4O5S. The molecule has 0 saturated carbocycles. The maximum Gasteiger partial charge on any atom is 0.255 e. The van der Waals surface area contributed by atoms with Crippen LogP contribution in [0, 0.1) is 19.7 Å². The molecule has 3 aromatic rings. The van der Waals surface area contributed by atoms with E-state index in [4.69, 9.17) is 4.52 Å². The van der Waals surface area contributed by atoms with E-state index in [2.05, 4.69) is 20.5 Å². The molecule has 1 atom stereocenters. The number of aromatic nitrogens is 1. The molecule has 0 saturated heterocycles. The molecular weight excluding hydrogens is 439 g/mol. The van der Waals surface area contributed by atoms with Crippen molar-refractivity contribution in [2.45, 2.75) is 31.7 Å². The van der Waals surface area contributed by atoms with E-state index in [0.29, 0.717) is 0 Å². The van der Waals surface area contributed by atoms with E-state index >= 15 is 0 Å². The second-order valence-corrected chi connectivity index (χ2v) is 8.68. The summed E-state index contributed by atoms with van der Waals surface area (Å²) < 4.78 is 45.6. The van der Waals surface area contributed by atoms with Crippen LogP contribution in [0.15, 0.2) is 57.9 Å². The minimum Gasteiger partial charge on any atom is -0.360 e. The lowest BCUT2D eigenvalue weighted by molar-refractivity contribution is -0.117. The van der Waals surface area contributed by atoms with Gasteiger partial charge in [-0.15, -0.1) is 0 Å². The first-order chi connectivity index (χ1) is 15.1. The van der Waals surface area contributed by atoms with Crippen LogP contribution >= 0.6 is 0 Å². The second kappa shape index (κ2) is 9.28. The van der Waals surface area contributed by atoms with E-state index in [1.54, 1.807) is 18.2 Å². The number of benzene rings is 2. The number of aryl methyl sites for hydroxylation is 2. The van der Waals surface area contributed by atoms with Gasteiger partial charge in [-0.2, -0.15) is 4.72 Å². The molecule has 0 bridgehead atoms. The van der Waals surface area contributed by atoms with Crippen LogP contribution < -0.4 is 15.4 Å². The number of anilines is 2. The molecule has 9 nitrogen and oxygen atoms in total. The number of hydrogen-bond acceptors (Lipinski definition) is 6. The molecule has 168 valence electrons. The predicted octanol–water partition coefficient (Wildman–Crippen LogP) is 2.99. The zero-order chi connectivity index (χ0) is 23.5. The van der Waals surface area contributed by atoms with Crippen molar-refractivity contribution in [1.82, 2.24) is 9.88 Å². The van der Waals surface area contributed by atoms with Gasteiger partial charge in [-0.25, -0.2) is 12.8 Å². The monoisotopic (exact) mass is 460 g/mol. The summed E-state index contributed by atoms with van der Waals surface area (Å²) in [5.74, 6) is -1.52. The highest BCUT2D eigenvalue weighted by Crippen LogP contribution is 2.19. The van der Waals surface area contributed by atoms with Crippen molar-refractivity contribution < 1.29 is 26.9 Å². The number of halogens is 1. The van der Waals surface area contributed by atoms with Crippen molar-refractivity contribution in [3.63, 3.8) is 0 Å². The van der Waals surface area contributed by atoms with Crippen molar-refractivity contribution >= 4 is 33.2 Å². The SMILES string of the molecule is Cc1noc(C)c1S(=O)(=O)N[C@@H](C)C(=O)Nc1cccc(C(=O)Nc2cccc(F)c2)c1. The van der Waals surface area contributed by atoms with Gasteiger partial charge in [-0.05, 0) is 57.2 Å². The highest BCUT2D eigenvalue weighted by atomic mass is 32.2. The summed E-state index contributed by atoms with van der Waals surface area (Å²) in [6, 6.07) is 10.4. The van der Waals surface area contributed by atoms with Gasteiger partial charge < -0.3 is 15.2 Å². The number of carbonyl (C=O) groups is 2. The maximum absolute atomic E-state index is 13.3. The Morgan fingerprint density at radius 3 is 2.31 bits per heavy atom. The first-order valence-corrected chi connectivity index (χ1v) is 11.0. The van der Waals surface area contributed by atoms with Crippen molar-refractivity contribution in [1.29, 1.82) is 0 Å². The number of hydrogen-bond donors (Lipinski definition) is 3. The molecule has 0 aliphatic heterocycles. The molecule has 1 aromatic heterocycles. The first-order valence-electron chi connectivity index (χ1n) is 9.50. The molecule has 3 rings (SSSR count). The fourth-order valence-corrected chi connectivity index (χ4v) is 4.49. The second-order valence-electron chi connectivity index (χ2n) is 7.03. The van der Waals surface area contributed by atoms with Crippen LogP contribution in [0.2, 0.25) is 0 Å². The third-order valence-corrected chi connectivity index (χ3v) is 6.22. The number of amides is 2. The molecule has 0 radical (unpaired) electrons. The van der Waals surface area contributed by atoms with E-state index in [0.717, 1.165) is 0 Å². The quantitative estimate of drug-likeness (QED) is 0.497. The number of nitrogens with one attached hydrogen (secondary N) is 3. The molecule has 0 aliphatic carbocycles. The minimum atomic E-state index is -4.04. The average Bonchev–Trinajstić information content (AvgIpc) is 3.06. The van der Waals surface area contributed by atoms with Gasteiger partial charge in [0.25, 0.3) is 5.91 Å². The van der Waals surface area contributed by atoms with E-state index in [1.807, 2.05) is 0 Å². The fourth-order valence-electron chi connectivity index (χ4n) is 2.96. The van der Waals surface area contributed by atoms with Crippen LogP contribution in [-0.4, -0.2) is 31.4 Å². The summed E-state index contributed by atoms with van der Waals surface area (Å²) in [4.78, 5) is 24.8. The third-order valence-electron chi connectivity index (χ3n) is 4.44.